The van der Waals surface area contributed by atoms with Crippen molar-refractivity contribution in [2.45, 2.75) is 56.5 Å². The van der Waals surface area contributed by atoms with E-state index >= 15 is 0 Å². The molecule has 0 radical (unpaired) electrons. The van der Waals surface area contributed by atoms with E-state index in [-0.39, 0.29) is 11.8 Å². The van der Waals surface area contributed by atoms with Crippen LogP contribution in [0.2, 0.25) is 0 Å². The summed E-state index contributed by atoms with van der Waals surface area (Å²) in [6, 6.07) is 8.47. The molecule has 0 amide bonds. The van der Waals surface area contributed by atoms with Gasteiger partial charge in [0.15, 0.2) is 11.6 Å². The number of hydrogen-bond donors (Lipinski definition) is 1. The highest BCUT2D eigenvalue weighted by molar-refractivity contribution is 5.50. The van der Waals surface area contributed by atoms with Crippen LogP contribution in [0.15, 0.2) is 42.9 Å². The van der Waals surface area contributed by atoms with Gasteiger partial charge in [0, 0.05) is 0 Å². The summed E-state index contributed by atoms with van der Waals surface area (Å²) in [5.74, 6) is -0.623. The average molecular weight is 382 g/mol. The molecule has 28 heavy (non-hydrogen) atoms. The molecule has 5 rings (SSSR count). The van der Waals surface area contributed by atoms with Crippen LogP contribution in [0.5, 0.6) is 0 Å². The van der Waals surface area contributed by atoms with Crippen LogP contribution in [0.25, 0.3) is 5.52 Å². The first kappa shape index (κ1) is 17.8. The molecule has 0 saturated heterocycles. The van der Waals surface area contributed by atoms with Crippen LogP contribution < -0.4 is 0 Å². The number of benzene rings is 1. The Kier molecular flexibility index (Phi) is 4.43. The van der Waals surface area contributed by atoms with E-state index in [4.69, 9.17) is 0 Å². The van der Waals surface area contributed by atoms with E-state index in [1.165, 1.54) is 30.5 Å². The normalized spacial score (nSPS) is 23.8. The fourth-order valence-electron chi connectivity index (χ4n) is 4.84. The van der Waals surface area contributed by atoms with Crippen molar-refractivity contribution in [2.75, 3.05) is 0 Å². The summed E-state index contributed by atoms with van der Waals surface area (Å²) in [4.78, 5) is 4.26. The highest BCUT2D eigenvalue weighted by Gasteiger charge is 2.34. The zero-order valence-corrected chi connectivity index (χ0v) is 15.7. The number of aliphatic hydroxyl groups excluding tert-OH is 1. The molecular weight excluding hydrogens is 358 g/mol. The van der Waals surface area contributed by atoms with Crippen LogP contribution in [-0.2, 0) is 0 Å². The number of hydrogen-bond acceptors (Lipinski definition) is 2. The fourth-order valence-corrected chi connectivity index (χ4v) is 4.84. The Morgan fingerprint density at radius 3 is 2.39 bits per heavy atom. The molecule has 2 aromatic heterocycles. The summed E-state index contributed by atoms with van der Waals surface area (Å²) in [5, 5.41) is 11.3. The lowest BCUT2D eigenvalue weighted by Gasteiger charge is -2.33. The van der Waals surface area contributed by atoms with E-state index in [9.17, 15) is 13.9 Å². The SMILES string of the molecule is O[C@H](c1c(C2CC2)ccc2cncn12)[C@H]1CC[C@H](c2ccc(F)c(F)c2)CC1. The number of fused-ring (bicyclic) bond motifs is 1. The van der Waals surface area contributed by atoms with Crippen molar-refractivity contribution in [3.05, 3.63) is 71.3 Å². The van der Waals surface area contributed by atoms with E-state index in [0.29, 0.717) is 5.92 Å². The molecule has 0 spiro atoms. The van der Waals surface area contributed by atoms with E-state index in [0.717, 1.165) is 42.5 Å². The maximum atomic E-state index is 13.6. The lowest BCUT2D eigenvalue weighted by atomic mass is 9.75. The molecule has 1 atom stereocenters. The number of aromatic nitrogens is 2. The number of rotatable bonds is 4. The lowest BCUT2D eigenvalue weighted by Crippen LogP contribution is -2.22. The molecular formula is C23H24F2N2O. The van der Waals surface area contributed by atoms with Crippen molar-refractivity contribution in [1.29, 1.82) is 0 Å². The van der Waals surface area contributed by atoms with Crippen molar-refractivity contribution < 1.29 is 13.9 Å². The summed E-state index contributed by atoms with van der Waals surface area (Å²) in [7, 11) is 0. The second-order valence-electron chi connectivity index (χ2n) is 8.37. The summed E-state index contributed by atoms with van der Waals surface area (Å²) in [6.07, 6.45) is 8.97. The van der Waals surface area contributed by atoms with Crippen molar-refractivity contribution in [3.63, 3.8) is 0 Å². The molecule has 0 aliphatic heterocycles. The van der Waals surface area contributed by atoms with E-state index in [1.807, 2.05) is 10.6 Å². The fraction of sp³-hybridized carbons (Fsp3) is 0.435. The van der Waals surface area contributed by atoms with Crippen LogP contribution in [0.4, 0.5) is 8.78 Å². The maximum absolute atomic E-state index is 13.6. The Morgan fingerprint density at radius 2 is 1.68 bits per heavy atom. The summed E-state index contributed by atoms with van der Waals surface area (Å²) >= 11 is 0. The molecule has 0 bridgehead atoms. The van der Waals surface area contributed by atoms with Gasteiger partial charge < -0.3 is 9.51 Å². The van der Waals surface area contributed by atoms with Gasteiger partial charge in [0.1, 0.15) is 0 Å². The molecule has 0 unspecified atom stereocenters. The Labute approximate surface area is 163 Å². The topological polar surface area (TPSA) is 37.5 Å². The molecule has 3 nitrogen and oxygen atoms in total. The minimum absolute atomic E-state index is 0.173. The largest absolute Gasteiger partial charge is 0.387 e. The first-order chi connectivity index (χ1) is 13.6. The standard InChI is InChI=1S/C23H24F2N2O/c24-20-10-7-17(11-21(20)25)14-1-5-16(6-2-14)23(28)22-19(15-3-4-15)9-8-18-12-26-13-27(18)22/h7-16,23,28H,1-6H2/t14-,16-,23-/m0/s1. The number of halogens is 2. The Hall–Kier alpha value is -2.27. The highest BCUT2D eigenvalue weighted by atomic mass is 19.2. The van der Waals surface area contributed by atoms with Crippen molar-refractivity contribution in [3.8, 4) is 0 Å². The molecule has 146 valence electrons. The van der Waals surface area contributed by atoms with Crippen LogP contribution in [0.3, 0.4) is 0 Å². The summed E-state index contributed by atoms with van der Waals surface area (Å²) in [5.41, 5.74) is 4.12. The van der Waals surface area contributed by atoms with E-state index in [1.54, 1.807) is 12.4 Å². The third-order valence-electron chi connectivity index (χ3n) is 6.59. The Balaban J connectivity index is 1.37. The predicted molar refractivity (Wildman–Crippen MR) is 103 cm³/mol. The number of nitrogens with zero attached hydrogens (tertiary/aromatic N) is 2. The van der Waals surface area contributed by atoms with Gasteiger partial charge in [-0.2, -0.15) is 0 Å². The van der Waals surface area contributed by atoms with Crippen molar-refractivity contribution in [1.82, 2.24) is 9.38 Å². The average Bonchev–Trinajstić information content (AvgIpc) is 3.45. The minimum atomic E-state index is -0.797. The number of imidazole rings is 1. The van der Waals surface area contributed by atoms with Gasteiger partial charge >= 0.3 is 0 Å². The van der Waals surface area contributed by atoms with Crippen LogP contribution >= 0.6 is 0 Å². The van der Waals surface area contributed by atoms with Crippen molar-refractivity contribution in [2.24, 2.45) is 5.92 Å². The van der Waals surface area contributed by atoms with Crippen LogP contribution in [0.1, 0.15) is 73.3 Å². The molecule has 2 aliphatic carbocycles. The van der Waals surface area contributed by atoms with Gasteiger partial charge in [-0.25, -0.2) is 13.8 Å². The van der Waals surface area contributed by atoms with E-state index < -0.39 is 17.7 Å². The molecule has 2 aliphatic rings. The van der Waals surface area contributed by atoms with Crippen molar-refractivity contribution >= 4 is 5.52 Å². The minimum Gasteiger partial charge on any atom is -0.387 e. The number of pyridine rings is 1. The van der Waals surface area contributed by atoms with Gasteiger partial charge in [0.05, 0.1) is 29.8 Å². The highest BCUT2D eigenvalue weighted by Crippen LogP contribution is 2.47. The first-order valence-electron chi connectivity index (χ1n) is 10.2. The van der Waals surface area contributed by atoms with Crippen LogP contribution in [-0.4, -0.2) is 14.5 Å². The second-order valence-corrected chi connectivity index (χ2v) is 8.37. The Morgan fingerprint density at radius 1 is 0.929 bits per heavy atom. The summed E-state index contributed by atoms with van der Waals surface area (Å²) < 4.78 is 28.8. The smallest absolute Gasteiger partial charge is 0.159 e. The molecule has 1 aromatic carbocycles. The molecule has 2 fully saturated rings. The zero-order valence-electron chi connectivity index (χ0n) is 15.7. The van der Waals surface area contributed by atoms with Gasteiger partial charge in [-0.05, 0) is 85.6 Å². The third-order valence-corrected chi connectivity index (χ3v) is 6.59. The second kappa shape index (κ2) is 6.96. The molecule has 2 heterocycles. The van der Waals surface area contributed by atoms with Crippen LogP contribution in [0, 0.1) is 17.6 Å². The van der Waals surface area contributed by atoms with Gasteiger partial charge in [0.2, 0.25) is 0 Å². The predicted octanol–water partition coefficient (Wildman–Crippen LogP) is 5.50. The van der Waals surface area contributed by atoms with E-state index in [2.05, 4.69) is 17.1 Å². The summed E-state index contributed by atoms with van der Waals surface area (Å²) in [6.45, 7) is 0. The zero-order chi connectivity index (χ0) is 19.3. The van der Waals surface area contributed by atoms with Gasteiger partial charge in [-0.3, -0.25) is 0 Å². The quantitative estimate of drug-likeness (QED) is 0.647. The maximum Gasteiger partial charge on any atom is 0.159 e. The monoisotopic (exact) mass is 382 g/mol. The Bertz CT molecular complexity index is 1000. The molecule has 5 heteroatoms. The first-order valence-corrected chi connectivity index (χ1v) is 10.2. The molecule has 3 aromatic rings. The third kappa shape index (κ3) is 3.12. The molecule has 2 saturated carbocycles. The lowest BCUT2D eigenvalue weighted by molar-refractivity contribution is 0.0754. The van der Waals surface area contributed by atoms with Gasteiger partial charge in [-0.15, -0.1) is 0 Å². The number of aliphatic hydroxyl groups is 1. The van der Waals surface area contributed by atoms with Gasteiger partial charge in [-0.1, -0.05) is 12.1 Å². The molecule has 1 N–H and O–H groups in total. The van der Waals surface area contributed by atoms with Gasteiger partial charge in [0.25, 0.3) is 0 Å².